The van der Waals surface area contributed by atoms with Gasteiger partial charge in [-0.25, -0.2) is 0 Å². The molecule has 6 atom stereocenters. The van der Waals surface area contributed by atoms with Gasteiger partial charge >= 0.3 is 0 Å². The van der Waals surface area contributed by atoms with Crippen molar-refractivity contribution in [1.82, 2.24) is 0 Å². The van der Waals surface area contributed by atoms with Crippen LogP contribution in [0.5, 0.6) is 0 Å². The van der Waals surface area contributed by atoms with Gasteiger partial charge in [0.1, 0.15) is 0 Å². The summed E-state index contributed by atoms with van der Waals surface area (Å²) in [5.74, 6) is 2.98. The maximum absolute atomic E-state index is 10.7. The van der Waals surface area contributed by atoms with Gasteiger partial charge in [0.2, 0.25) is 0 Å². The summed E-state index contributed by atoms with van der Waals surface area (Å²) in [4.78, 5) is 0. The zero-order valence-corrected chi connectivity index (χ0v) is 11.3. The monoisotopic (exact) mass is 238 g/mol. The van der Waals surface area contributed by atoms with E-state index in [1.165, 1.54) is 6.42 Å². The Balaban J connectivity index is 1.93. The van der Waals surface area contributed by atoms with Crippen molar-refractivity contribution in [3.8, 4) is 0 Å². The van der Waals surface area contributed by atoms with Crippen molar-refractivity contribution < 1.29 is 10.2 Å². The highest BCUT2D eigenvalue weighted by Gasteiger charge is 2.67. The molecule has 3 aliphatic rings. The average molecular weight is 238 g/mol. The van der Waals surface area contributed by atoms with Gasteiger partial charge in [0.05, 0.1) is 5.60 Å². The third-order valence-electron chi connectivity index (χ3n) is 6.41. The third-order valence-corrected chi connectivity index (χ3v) is 6.41. The smallest absolute Gasteiger partial charge is 0.0650 e. The lowest BCUT2D eigenvalue weighted by molar-refractivity contribution is -0.0335. The molecule has 2 heteroatoms. The number of aliphatic hydroxyl groups is 2. The van der Waals surface area contributed by atoms with Crippen LogP contribution in [0.1, 0.15) is 46.5 Å². The molecule has 2 N–H and O–H groups in total. The second-order valence-corrected chi connectivity index (χ2v) is 7.55. The molecule has 3 fully saturated rings. The summed E-state index contributed by atoms with van der Waals surface area (Å²) < 4.78 is 0. The number of aliphatic hydroxyl groups excluding tert-OH is 1. The van der Waals surface area contributed by atoms with Gasteiger partial charge in [-0.15, -0.1) is 0 Å². The van der Waals surface area contributed by atoms with Crippen molar-refractivity contribution in [2.75, 3.05) is 6.61 Å². The van der Waals surface area contributed by atoms with Gasteiger partial charge in [-0.1, -0.05) is 13.8 Å². The Morgan fingerprint density at radius 1 is 1.06 bits per heavy atom. The maximum atomic E-state index is 10.7. The summed E-state index contributed by atoms with van der Waals surface area (Å²) in [6, 6.07) is 0. The molecule has 98 valence electrons. The van der Waals surface area contributed by atoms with E-state index in [4.69, 9.17) is 0 Å². The molecule has 0 amide bonds. The molecule has 3 saturated carbocycles. The lowest BCUT2D eigenvalue weighted by Gasteiger charge is -2.35. The predicted molar refractivity (Wildman–Crippen MR) is 67.4 cm³/mol. The van der Waals surface area contributed by atoms with Crippen LogP contribution in [-0.2, 0) is 0 Å². The van der Waals surface area contributed by atoms with Crippen LogP contribution < -0.4 is 0 Å². The Labute approximate surface area is 104 Å². The molecule has 0 aromatic heterocycles. The third kappa shape index (κ3) is 1.53. The molecule has 0 spiro atoms. The molecule has 0 radical (unpaired) electrons. The molecule has 3 aliphatic carbocycles. The van der Waals surface area contributed by atoms with Crippen LogP contribution in [0.15, 0.2) is 0 Å². The van der Waals surface area contributed by atoms with E-state index in [9.17, 15) is 10.2 Å². The number of hydrogen-bond acceptors (Lipinski definition) is 2. The lowest BCUT2D eigenvalue weighted by atomic mass is 9.74. The topological polar surface area (TPSA) is 40.5 Å². The van der Waals surface area contributed by atoms with Crippen molar-refractivity contribution in [2.24, 2.45) is 35.0 Å². The number of hydrogen-bond donors (Lipinski definition) is 2. The highest BCUT2D eigenvalue weighted by molar-refractivity contribution is 5.15. The van der Waals surface area contributed by atoms with E-state index in [0.29, 0.717) is 29.8 Å². The van der Waals surface area contributed by atoms with E-state index in [-0.39, 0.29) is 0 Å². The fraction of sp³-hybridized carbons (Fsp3) is 1.00. The molecule has 3 rings (SSSR count). The first-order valence-electron chi connectivity index (χ1n) is 7.23. The maximum Gasteiger partial charge on any atom is 0.0650 e. The summed E-state index contributed by atoms with van der Waals surface area (Å²) >= 11 is 0. The Bertz CT molecular complexity index is 321. The summed E-state index contributed by atoms with van der Waals surface area (Å²) in [7, 11) is 0. The second-order valence-electron chi connectivity index (χ2n) is 7.55. The van der Waals surface area contributed by atoms with Crippen LogP contribution in [0.25, 0.3) is 0 Å². The van der Waals surface area contributed by atoms with Crippen LogP contribution in [0.3, 0.4) is 0 Å². The standard InChI is InChI=1S/C15H26O2/c1-14(2)11-6-7-15(3,17)10-5-4-9(8-16)12(10)13(11)14/h9-13,16-17H,4-8H2,1-3H3/t9-,10-,11+,12+,13+,15-/m0/s1. The van der Waals surface area contributed by atoms with Crippen molar-refractivity contribution >= 4 is 0 Å². The quantitative estimate of drug-likeness (QED) is 0.736. The Hall–Kier alpha value is -0.0800. The number of rotatable bonds is 1. The van der Waals surface area contributed by atoms with Gasteiger partial charge in [0, 0.05) is 6.61 Å². The Morgan fingerprint density at radius 2 is 1.76 bits per heavy atom. The van der Waals surface area contributed by atoms with Gasteiger partial charge < -0.3 is 10.2 Å². The minimum absolute atomic E-state index is 0.316. The highest BCUT2D eigenvalue weighted by Crippen LogP contribution is 2.71. The van der Waals surface area contributed by atoms with Crippen LogP contribution in [0, 0.1) is 35.0 Å². The fourth-order valence-electron chi connectivity index (χ4n) is 5.32. The Kier molecular flexibility index (Phi) is 2.45. The summed E-state index contributed by atoms with van der Waals surface area (Å²) in [6.07, 6.45) is 4.36. The molecule has 0 unspecified atom stereocenters. The van der Waals surface area contributed by atoms with E-state index in [1.807, 2.05) is 6.92 Å². The molecule has 0 bridgehead atoms. The summed E-state index contributed by atoms with van der Waals surface area (Å²) in [5, 5.41) is 20.3. The SMILES string of the molecule is CC1(C)[C@H]2[C@@H]3[C@H](CO)CC[C@@H]3[C@@](C)(O)CC[C@H]21. The van der Waals surface area contributed by atoms with Gasteiger partial charge in [-0.2, -0.15) is 0 Å². The molecule has 17 heavy (non-hydrogen) atoms. The fourth-order valence-corrected chi connectivity index (χ4v) is 5.32. The Morgan fingerprint density at radius 3 is 2.41 bits per heavy atom. The first-order valence-corrected chi connectivity index (χ1v) is 7.23. The van der Waals surface area contributed by atoms with E-state index in [1.54, 1.807) is 0 Å². The van der Waals surface area contributed by atoms with Gasteiger partial charge in [0.25, 0.3) is 0 Å². The predicted octanol–water partition coefficient (Wildman–Crippen LogP) is 2.44. The van der Waals surface area contributed by atoms with Gasteiger partial charge in [-0.3, -0.25) is 0 Å². The highest BCUT2D eigenvalue weighted by atomic mass is 16.3. The van der Waals surface area contributed by atoms with E-state index >= 15 is 0 Å². The first-order chi connectivity index (χ1) is 7.89. The van der Waals surface area contributed by atoms with Crippen molar-refractivity contribution in [3.63, 3.8) is 0 Å². The molecule has 0 aliphatic heterocycles. The van der Waals surface area contributed by atoms with Crippen LogP contribution in [0.2, 0.25) is 0 Å². The van der Waals surface area contributed by atoms with Gasteiger partial charge in [0.15, 0.2) is 0 Å². The minimum atomic E-state index is -0.488. The summed E-state index contributed by atoms with van der Waals surface area (Å²) in [6.45, 7) is 7.11. The average Bonchev–Trinajstić information content (AvgIpc) is 2.64. The second kappa shape index (κ2) is 3.48. The van der Waals surface area contributed by atoms with Gasteiger partial charge in [-0.05, 0) is 67.6 Å². The molecular formula is C15H26O2. The molecule has 0 heterocycles. The number of fused-ring (bicyclic) bond motifs is 3. The zero-order valence-electron chi connectivity index (χ0n) is 11.3. The minimum Gasteiger partial charge on any atom is -0.396 e. The van der Waals surface area contributed by atoms with E-state index in [0.717, 1.165) is 31.1 Å². The van der Waals surface area contributed by atoms with E-state index in [2.05, 4.69) is 13.8 Å². The van der Waals surface area contributed by atoms with E-state index < -0.39 is 5.60 Å². The normalized spacial score (nSPS) is 55.9. The molecule has 0 aromatic rings. The molecule has 2 nitrogen and oxygen atoms in total. The van der Waals surface area contributed by atoms with Crippen molar-refractivity contribution in [3.05, 3.63) is 0 Å². The molecule has 0 aromatic carbocycles. The van der Waals surface area contributed by atoms with Crippen LogP contribution >= 0.6 is 0 Å². The largest absolute Gasteiger partial charge is 0.396 e. The molecular weight excluding hydrogens is 212 g/mol. The van der Waals surface area contributed by atoms with Crippen molar-refractivity contribution in [2.45, 2.75) is 52.1 Å². The summed E-state index contributed by atoms with van der Waals surface area (Å²) in [5.41, 5.74) is -0.0325. The van der Waals surface area contributed by atoms with Crippen LogP contribution in [0.4, 0.5) is 0 Å². The van der Waals surface area contributed by atoms with Crippen molar-refractivity contribution in [1.29, 1.82) is 0 Å². The first kappa shape index (κ1) is 12.0. The zero-order chi connectivity index (χ0) is 12.4. The van der Waals surface area contributed by atoms with Crippen LogP contribution in [-0.4, -0.2) is 22.4 Å². The molecule has 0 saturated heterocycles. The lowest BCUT2D eigenvalue weighted by Crippen LogP contribution is -2.38.